The normalized spacial score (nSPS) is 29.9. The number of methoxy groups -OCH3 is 2. The summed E-state index contributed by atoms with van der Waals surface area (Å²) in [4.78, 5) is 52.3. The summed E-state index contributed by atoms with van der Waals surface area (Å²) in [5, 5.41) is 67.7. The van der Waals surface area contributed by atoms with Gasteiger partial charge >= 0.3 is 11.9 Å². The van der Waals surface area contributed by atoms with Crippen molar-refractivity contribution in [2.45, 2.75) is 50.1 Å². The van der Waals surface area contributed by atoms with Gasteiger partial charge in [0, 0.05) is 24.0 Å². The Kier molecular flexibility index (Phi) is 6.87. The molecule has 0 spiro atoms. The number of fused-ring (bicyclic) bond motifs is 4. The molecule has 2 aliphatic carbocycles. The summed E-state index contributed by atoms with van der Waals surface area (Å²) in [6.07, 6.45) is -3.72. The summed E-state index contributed by atoms with van der Waals surface area (Å²) in [6.45, 7) is 3.04. The zero-order chi connectivity index (χ0) is 33.6. The molecular weight excluding hydrogens is 608 g/mol. The lowest BCUT2D eigenvalue weighted by Gasteiger charge is -2.45. The smallest absolute Gasteiger partial charge is 0.358 e. The zero-order valence-corrected chi connectivity index (χ0v) is 25.0. The summed E-state index contributed by atoms with van der Waals surface area (Å²) in [6, 6.07) is 4.92. The minimum atomic E-state index is -2.42. The molecule has 14 heteroatoms. The van der Waals surface area contributed by atoms with Gasteiger partial charge in [-0.2, -0.15) is 0 Å². The molecule has 2 heterocycles. The van der Waals surface area contributed by atoms with Crippen molar-refractivity contribution in [1.82, 2.24) is 0 Å². The molecule has 4 aliphatic rings. The number of rotatable bonds is 3. The third kappa shape index (κ3) is 3.70. The van der Waals surface area contributed by atoms with E-state index in [-0.39, 0.29) is 35.5 Å². The molecule has 6 rings (SSSR count). The van der Waals surface area contributed by atoms with E-state index in [1.54, 1.807) is 0 Å². The van der Waals surface area contributed by atoms with Crippen molar-refractivity contribution in [2.24, 2.45) is 11.8 Å². The summed E-state index contributed by atoms with van der Waals surface area (Å²) >= 11 is 0. The van der Waals surface area contributed by atoms with Gasteiger partial charge in [-0.1, -0.05) is 13.8 Å². The Balaban J connectivity index is 1.55. The van der Waals surface area contributed by atoms with Crippen molar-refractivity contribution in [1.29, 1.82) is 0 Å². The third-order valence-electron chi connectivity index (χ3n) is 9.26. The minimum Gasteiger partial charge on any atom is -0.506 e. The summed E-state index contributed by atoms with van der Waals surface area (Å²) in [5.41, 5.74) is -7.25. The number of esters is 2. The maximum Gasteiger partial charge on any atom is 0.358 e. The average molecular weight is 639 g/mol. The summed E-state index contributed by atoms with van der Waals surface area (Å²) in [5.74, 6) is -9.01. The molecule has 0 aromatic heterocycles. The number of ketones is 2. The fourth-order valence-electron chi connectivity index (χ4n) is 7.00. The van der Waals surface area contributed by atoms with Crippen LogP contribution in [0.1, 0.15) is 37.8 Å². The maximum atomic E-state index is 13.2. The van der Waals surface area contributed by atoms with E-state index in [0.717, 1.165) is 14.2 Å². The van der Waals surface area contributed by atoms with E-state index in [0.29, 0.717) is 0 Å². The van der Waals surface area contributed by atoms with Crippen LogP contribution in [-0.4, -0.2) is 91.8 Å². The molecule has 0 amide bonds. The van der Waals surface area contributed by atoms with E-state index >= 15 is 0 Å². The Bertz CT molecular complexity index is 1690. The fraction of sp³-hybridized carbons (Fsp3) is 0.375. The van der Waals surface area contributed by atoms with Crippen LogP contribution in [0.3, 0.4) is 0 Å². The van der Waals surface area contributed by atoms with Crippen molar-refractivity contribution < 1.29 is 68.8 Å². The molecule has 2 aromatic carbocycles. The first-order chi connectivity index (χ1) is 21.7. The summed E-state index contributed by atoms with van der Waals surface area (Å²) < 4.78 is 21.5. The number of phenols is 2. The molecule has 2 saturated carbocycles. The Hall–Kier alpha value is -5.08. The molecule has 6 N–H and O–H groups in total. The number of aliphatic hydroxyl groups excluding tert-OH is 4. The van der Waals surface area contributed by atoms with Crippen LogP contribution in [-0.2, 0) is 28.7 Å². The Morgan fingerprint density at radius 1 is 0.696 bits per heavy atom. The zero-order valence-electron chi connectivity index (χ0n) is 25.0. The lowest BCUT2D eigenvalue weighted by atomic mass is 9.69. The average Bonchev–Trinajstić information content (AvgIpc) is 3.01. The van der Waals surface area contributed by atoms with E-state index in [1.807, 2.05) is 0 Å². The molecule has 6 atom stereocenters. The number of phenolic OH excluding ortho intramolecular Hbond substituents is 2. The maximum absolute atomic E-state index is 13.2. The van der Waals surface area contributed by atoms with E-state index < -0.39 is 104 Å². The first-order valence-corrected chi connectivity index (χ1v) is 14.3. The topological polar surface area (TPSA) is 227 Å². The molecular formula is C32H30O14. The van der Waals surface area contributed by atoms with Crippen molar-refractivity contribution in [2.75, 3.05) is 14.2 Å². The fourth-order valence-corrected chi connectivity index (χ4v) is 7.00. The highest BCUT2D eigenvalue weighted by atomic mass is 16.6. The van der Waals surface area contributed by atoms with E-state index in [2.05, 4.69) is 0 Å². The third-order valence-corrected chi connectivity index (χ3v) is 9.26. The number of hydrogen-bond acceptors (Lipinski definition) is 14. The number of carbonyl (C=O) groups excluding carboxylic acids is 4. The molecule has 46 heavy (non-hydrogen) atoms. The van der Waals surface area contributed by atoms with Gasteiger partial charge in [-0.3, -0.25) is 9.59 Å². The number of ether oxygens (including phenoxy) is 4. The quantitative estimate of drug-likeness (QED) is 0.264. The predicted molar refractivity (Wildman–Crippen MR) is 155 cm³/mol. The number of aliphatic hydroxyl groups is 4. The molecule has 14 nitrogen and oxygen atoms in total. The van der Waals surface area contributed by atoms with Crippen LogP contribution in [0.4, 0.5) is 0 Å². The molecule has 0 saturated heterocycles. The van der Waals surface area contributed by atoms with Crippen LogP contribution in [0.2, 0.25) is 0 Å². The SMILES string of the molecule is COC(=O)[C@@]12Oc3ccc(-c4ccc5c(c4O)C(O)=C4C(=O)C[C@H](C)[C@H](O)[C@@]4(C(=O)OC)O5)c(O)c3C(O)=C1C(=O)C[C@@H](C)[C@H]2O. The van der Waals surface area contributed by atoms with E-state index in [4.69, 9.17) is 18.9 Å². The lowest BCUT2D eigenvalue weighted by molar-refractivity contribution is -0.173. The van der Waals surface area contributed by atoms with Crippen LogP contribution < -0.4 is 9.47 Å². The van der Waals surface area contributed by atoms with Gasteiger partial charge in [-0.25, -0.2) is 9.59 Å². The Morgan fingerprint density at radius 3 is 1.37 bits per heavy atom. The van der Waals surface area contributed by atoms with Crippen LogP contribution in [0.15, 0.2) is 35.4 Å². The Morgan fingerprint density at radius 2 is 1.04 bits per heavy atom. The van der Waals surface area contributed by atoms with Gasteiger partial charge in [-0.15, -0.1) is 0 Å². The largest absolute Gasteiger partial charge is 0.506 e. The molecule has 0 bridgehead atoms. The van der Waals surface area contributed by atoms with Gasteiger partial charge in [0.1, 0.15) is 57.9 Å². The van der Waals surface area contributed by atoms with Crippen molar-refractivity contribution in [3.63, 3.8) is 0 Å². The molecule has 0 unspecified atom stereocenters. The first kappa shape index (κ1) is 30.9. The van der Waals surface area contributed by atoms with Crippen LogP contribution in [0.5, 0.6) is 23.0 Å². The molecule has 0 radical (unpaired) electrons. The molecule has 2 aromatic rings. The number of Topliss-reactive ketones (excluding diaryl/α,β-unsaturated/α-hetero) is 2. The molecule has 2 fully saturated rings. The van der Waals surface area contributed by atoms with Crippen molar-refractivity contribution in [3.05, 3.63) is 46.5 Å². The van der Waals surface area contributed by atoms with E-state index in [9.17, 15) is 49.8 Å². The number of carbonyl (C=O) groups is 4. The van der Waals surface area contributed by atoms with Gasteiger partial charge in [0.25, 0.3) is 11.2 Å². The van der Waals surface area contributed by atoms with Crippen molar-refractivity contribution >= 4 is 35.0 Å². The molecule has 2 aliphatic heterocycles. The van der Waals surface area contributed by atoms with Gasteiger partial charge < -0.3 is 49.6 Å². The number of aromatic hydroxyl groups is 2. The van der Waals surface area contributed by atoms with Crippen LogP contribution in [0, 0.1) is 11.8 Å². The summed E-state index contributed by atoms with van der Waals surface area (Å²) in [7, 11) is 2.04. The van der Waals surface area contributed by atoms with Gasteiger partial charge in [-0.05, 0) is 36.1 Å². The first-order valence-electron chi connectivity index (χ1n) is 14.3. The second kappa shape index (κ2) is 10.2. The number of hydrogen-bond donors (Lipinski definition) is 6. The van der Waals surface area contributed by atoms with Crippen LogP contribution in [0.25, 0.3) is 22.6 Å². The van der Waals surface area contributed by atoms with Crippen molar-refractivity contribution in [3.8, 4) is 34.1 Å². The Labute approximate surface area is 260 Å². The van der Waals surface area contributed by atoms with Gasteiger partial charge in [0.15, 0.2) is 11.6 Å². The second-order valence-corrected chi connectivity index (χ2v) is 11.9. The van der Waals surface area contributed by atoms with E-state index in [1.165, 1.54) is 38.1 Å². The van der Waals surface area contributed by atoms with Gasteiger partial charge in [0.2, 0.25) is 0 Å². The minimum absolute atomic E-state index is 0.163. The highest BCUT2D eigenvalue weighted by Gasteiger charge is 2.64. The monoisotopic (exact) mass is 638 g/mol. The second-order valence-electron chi connectivity index (χ2n) is 11.9. The highest BCUT2D eigenvalue weighted by Crippen LogP contribution is 2.55. The molecule has 242 valence electrons. The van der Waals surface area contributed by atoms with Gasteiger partial charge in [0.05, 0.1) is 25.4 Å². The highest BCUT2D eigenvalue weighted by molar-refractivity contribution is 6.14. The lowest BCUT2D eigenvalue weighted by Crippen LogP contribution is -2.64. The standard InChI is InChI=1S/C32H30O14/c1-11-9-15(33)21-25(37)19-17(45-31(21,27(11)39)29(41)43-3)7-5-13(23(19)35)14-6-8-18-20(24(14)36)26(38)22-16(34)10-12(2)28(40)32(22,46-18)30(42)44-4/h5-8,11-12,27-28,35-40H,9-10H2,1-4H3/t11-,12+,27-,28+,31-,32+. The van der Waals surface area contributed by atoms with Crippen LogP contribution >= 0.6 is 0 Å². The predicted octanol–water partition coefficient (Wildman–Crippen LogP) is 1.85. The number of benzene rings is 2.